The second-order valence-corrected chi connectivity index (χ2v) is 10.7. The fourth-order valence-electron chi connectivity index (χ4n) is 8.01. The van der Waals surface area contributed by atoms with Gasteiger partial charge in [-0.2, -0.15) is 13.2 Å². The average molecular weight is 441 g/mol. The van der Waals surface area contributed by atoms with Crippen molar-refractivity contribution in [2.24, 2.45) is 34.5 Å². The Morgan fingerprint density at radius 1 is 1.06 bits per heavy atom. The van der Waals surface area contributed by atoms with Crippen molar-refractivity contribution in [3.63, 3.8) is 0 Å². The summed E-state index contributed by atoms with van der Waals surface area (Å²) in [7, 11) is 0. The molecular formula is C24H31F3O4. The Hall–Kier alpha value is -1.66. The quantitative estimate of drug-likeness (QED) is 0.554. The van der Waals surface area contributed by atoms with Crippen LogP contribution in [0.2, 0.25) is 0 Å². The highest BCUT2D eigenvalue weighted by molar-refractivity contribution is 5.92. The molecule has 172 valence electrons. The number of ether oxygens (including phenoxy) is 1. The van der Waals surface area contributed by atoms with E-state index in [1.54, 1.807) is 0 Å². The van der Waals surface area contributed by atoms with Crippen LogP contribution in [-0.4, -0.2) is 29.3 Å². The van der Waals surface area contributed by atoms with Crippen molar-refractivity contribution in [2.75, 3.05) is 0 Å². The Morgan fingerprint density at radius 2 is 1.71 bits per heavy atom. The number of halogens is 3. The van der Waals surface area contributed by atoms with Crippen LogP contribution in [0.3, 0.4) is 0 Å². The topological polar surface area (TPSA) is 60.4 Å². The van der Waals surface area contributed by atoms with Crippen LogP contribution in [0.1, 0.15) is 72.6 Å². The number of hydrogen-bond acceptors (Lipinski definition) is 4. The van der Waals surface area contributed by atoms with Gasteiger partial charge in [0, 0.05) is 18.8 Å². The van der Waals surface area contributed by atoms with E-state index in [1.165, 1.54) is 19.9 Å². The van der Waals surface area contributed by atoms with Crippen LogP contribution in [0, 0.1) is 34.5 Å². The normalized spacial score (nSPS) is 44.6. The molecule has 0 aromatic carbocycles. The van der Waals surface area contributed by atoms with Crippen molar-refractivity contribution >= 4 is 17.5 Å². The summed E-state index contributed by atoms with van der Waals surface area (Å²) in [4.78, 5) is 36.7. The lowest BCUT2D eigenvalue weighted by Crippen LogP contribution is -2.60. The van der Waals surface area contributed by atoms with E-state index in [0.717, 1.165) is 0 Å². The first kappa shape index (κ1) is 22.5. The molecule has 31 heavy (non-hydrogen) atoms. The molecule has 7 heteroatoms. The highest BCUT2D eigenvalue weighted by Gasteiger charge is 2.69. The predicted molar refractivity (Wildman–Crippen MR) is 107 cm³/mol. The van der Waals surface area contributed by atoms with E-state index < -0.39 is 34.5 Å². The summed E-state index contributed by atoms with van der Waals surface area (Å²) in [6.07, 6.45) is -0.257. The monoisotopic (exact) mass is 440 g/mol. The molecule has 3 saturated carbocycles. The first-order valence-corrected chi connectivity index (χ1v) is 11.3. The van der Waals surface area contributed by atoms with Gasteiger partial charge in [-0.05, 0) is 80.3 Å². The number of alkyl halides is 3. The van der Waals surface area contributed by atoms with Crippen LogP contribution in [0.15, 0.2) is 11.6 Å². The Bertz CT molecular complexity index is 861. The van der Waals surface area contributed by atoms with Crippen LogP contribution in [0.4, 0.5) is 13.2 Å². The minimum atomic E-state index is -4.42. The maximum absolute atomic E-state index is 14.2. The molecule has 3 fully saturated rings. The number of carbonyl (C=O) groups excluding carboxylic acids is 3. The zero-order chi connectivity index (χ0) is 23.0. The van der Waals surface area contributed by atoms with Gasteiger partial charge in [0.25, 0.3) is 0 Å². The predicted octanol–water partition coefficient (Wildman–Crippen LogP) is 5.20. The number of allylic oxidation sites excluding steroid dienone is 1. The van der Waals surface area contributed by atoms with Crippen molar-refractivity contribution in [2.45, 2.75) is 84.4 Å². The molecule has 4 aliphatic carbocycles. The molecule has 0 heterocycles. The zero-order valence-corrected chi connectivity index (χ0v) is 18.6. The third-order valence-electron chi connectivity index (χ3n) is 9.41. The van der Waals surface area contributed by atoms with E-state index in [9.17, 15) is 27.6 Å². The standard InChI is InChI=1S/C24H31F3O4/c1-13(28)23(31-14(2)29)10-7-18-16-12-20(24(25,26)27)19-11-15(30)5-8-21(19,3)17(16)6-9-22(18,23)4/h11,16-18,20H,5-10,12H2,1-4H3/t16-,17+,18+,20+,21-,22+,23-/m1/s1. The van der Waals surface area contributed by atoms with Gasteiger partial charge in [0.2, 0.25) is 0 Å². The molecule has 0 spiro atoms. The number of fused-ring (bicyclic) bond motifs is 5. The van der Waals surface area contributed by atoms with E-state index >= 15 is 0 Å². The van der Waals surface area contributed by atoms with Gasteiger partial charge < -0.3 is 4.74 Å². The first-order chi connectivity index (χ1) is 14.3. The van der Waals surface area contributed by atoms with E-state index in [4.69, 9.17) is 4.74 Å². The lowest BCUT2D eigenvalue weighted by molar-refractivity contribution is -0.204. The molecule has 0 unspecified atom stereocenters. The molecule has 0 saturated heterocycles. The first-order valence-electron chi connectivity index (χ1n) is 11.3. The zero-order valence-electron chi connectivity index (χ0n) is 18.6. The molecule has 4 aliphatic rings. The number of carbonyl (C=O) groups is 3. The average Bonchev–Trinajstić information content (AvgIpc) is 2.94. The maximum Gasteiger partial charge on any atom is 0.395 e. The third kappa shape index (κ3) is 3.05. The van der Waals surface area contributed by atoms with Gasteiger partial charge in [-0.3, -0.25) is 14.4 Å². The molecule has 7 atom stereocenters. The summed E-state index contributed by atoms with van der Waals surface area (Å²) in [6.45, 7) is 6.55. The highest BCUT2D eigenvalue weighted by Crippen LogP contribution is 2.70. The number of ketones is 2. The van der Waals surface area contributed by atoms with E-state index in [1.807, 2.05) is 13.8 Å². The summed E-state index contributed by atoms with van der Waals surface area (Å²) >= 11 is 0. The van der Waals surface area contributed by atoms with Crippen molar-refractivity contribution < 1.29 is 32.3 Å². The molecule has 0 aromatic heterocycles. The largest absolute Gasteiger partial charge is 0.451 e. The van der Waals surface area contributed by atoms with Crippen LogP contribution in [0.5, 0.6) is 0 Å². The highest BCUT2D eigenvalue weighted by atomic mass is 19.4. The van der Waals surface area contributed by atoms with Gasteiger partial charge in [-0.25, -0.2) is 0 Å². The Kier molecular flexibility index (Phi) is 5.03. The van der Waals surface area contributed by atoms with Crippen molar-refractivity contribution in [1.82, 2.24) is 0 Å². The maximum atomic E-state index is 14.2. The lowest BCUT2D eigenvalue weighted by atomic mass is 9.44. The lowest BCUT2D eigenvalue weighted by Gasteiger charge is -2.60. The number of hydrogen-bond donors (Lipinski definition) is 0. The molecule has 0 radical (unpaired) electrons. The van der Waals surface area contributed by atoms with E-state index in [2.05, 4.69) is 0 Å². The van der Waals surface area contributed by atoms with Crippen molar-refractivity contribution in [3.8, 4) is 0 Å². The SMILES string of the molecule is CC(=O)O[C@@]1(C(C)=O)CC[C@H]2[C@@H]3C[C@H](C(F)(F)F)C4=CC(=O)CC[C@]4(C)[C@H]3CC[C@@]21C. The Labute approximate surface area is 181 Å². The van der Waals surface area contributed by atoms with E-state index in [0.29, 0.717) is 32.1 Å². The van der Waals surface area contributed by atoms with Crippen LogP contribution in [0.25, 0.3) is 0 Å². The van der Waals surface area contributed by atoms with Gasteiger partial charge in [0.05, 0.1) is 5.92 Å². The molecule has 0 aromatic rings. The molecule has 0 amide bonds. The minimum absolute atomic E-state index is 0.0311. The molecule has 4 nitrogen and oxygen atoms in total. The Balaban J connectivity index is 1.79. The minimum Gasteiger partial charge on any atom is -0.451 e. The van der Waals surface area contributed by atoms with Gasteiger partial charge in [-0.15, -0.1) is 0 Å². The Morgan fingerprint density at radius 3 is 2.29 bits per heavy atom. The summed E-state index contributed by atoms with van der Waals surface area (Å²) in [5.74, 6) is -2.92. The van der Waals surface area contributed by atoms with Crippen LogP contribution >= 0.6 is 0 Å². The summed E-state index contributed by atoms with van der Waals surface area (Å²) < 4.78 is 48.2. The summed E-state index contributed by atoms with van der Waals surface area (Å²) in [6, 6.07) is 0. The van der Waals surface area contributed by atoms with Gasteiger partial charge >= 0.3 is 12.1 Å². The molecule has 0 aliphatic heterocycles. The molecule has 4 rings (SSSR count). The fourth-order valence-corrected chi connectivity index (χ4v) is 8.01. The third-order valence-corrected chi connectivity index (χ3v) is 9.41. The number of Topliss-reactive ketones (excluding diaryl/α,β-unsaturated/α-hetero) is 1. The fraction of sp³-hybridized carbons (Fsp3) is 0.792. The summed E-state index contributed by atoms with van der Waals surface area (Å²) in [5, 5.41) is 0. The number of esters is 1. The smallest absolute Gasteiger partial charge is 0.395 e. The molecular weight excluding hydrogens is 409 g/mol. The second kappa shape index (κ2) is 6.92. The number of rotatable bonds is 2. The van der Waals surface area contributed by atoms with Crippen LogP contribution < -0.4 is 0 Å². The van der Waals surface area contributed by atoms with Gasteiger partial charge in [0.15, 0.2) is 17.2 Å². The summed E-state index contributed by atoms with van der Waals surface area (Å²) in [5.41, 5.74) is -2.34. The van der Waals surface area contributed by atoms with Crippen LogP contribution in [-0.2, 0) is 19.1 Å². The van der Waals surface area contributed by atoms with Gasteiger partial charge in [-0.1, -0.05) is 13.8 Å². The van der Waals surface area contributed by atoms with Gasteiger partial charge in [0.1, 0.15) is 0 Å². The van der Waals surface area contributed by atoms with Crippen molar-refractivity contribution in [3.05, 3.63) is 11.6 Å². The molecule has 0 N–H and O–H groups in total. The second-order valence-electron chi connectivity index (χ2n) is 10.7. The van der Waals surface area contributed by atoms with Crippen molar-refractivity contribution in [1.29, 1.82) is 0 Å². The molecule has 0 bridgehead atoms. The van der Waals surface area contributed by atoms with E-state index in [-0.39, 0.29) is 47.7 Å².